The summed E-state index contributed by atoms with van der Waals surface area (Å²) in [4.78, 5) is 10.9. The molecule has 0 radical (unpaired) electrons. The van der Waals surface area contributed by atoms with Crippen molar-refractivity contribution in [2.45, 2.75) is 32.1 Å². The molecule has 0 unspecified atom stereocenters. The van der Waals surface area contributed by atoms with Crippen LogP contribution in [0.5, 0.6) is 0 Å². The number of allylic oxidation sites excluding steroid dienone is 2. The molecule has 0 aromatic heterocycles. The number of carbonyl (C=O) groups is 1. The normalized spacial score (nSPS) is 18.2. The largest absolute Gasteiger partial charge is 0.478 e. The average molecular weight is 214 g/mol. The fraction of sp³-hybridized carbons (Fsp3) is 0.357. The smallest absolute Gasteiger partial charge is 0.335 e. The zero-order valence-electron chi connectivity index (χ0n) is 9.12. The van der Waals surface area contributed by atoms with Crippen LogP contribution in [0.15, 0.2) is 23.8 Å². The summed E-state index contributed by atoms with van der Waals surface area (Å²) in [7, 11) is 0. The lowest BCUT2D eigenvalue weighted by molar-refractivity contribution is 0.0697. The molecule has 0 fully saturated rings. The second-order valence-corrected chi connectivity index (χ2v) is 4.64. The molecule has 3 rings (SSSR count). The zero-order valence-corrected chi connectivity index (χ0v) is 9.12. The van der Waals surface area contributed by atoms with Gasteiger partial charge in [-0.3, -0.25) is 0 Å². The fourth-order valence-corrected chi connectivity index (χ4v) is 2.86. The molecule has 2 aliphatic rings. The van der Waals surface area contributed by atoms with Crippen LogP contribution >= 0.6 is 0 Å². The summed E-state index contributed by atoms with van der Waals surface area (Å²) in [6, 6.07) is 5.56. The third-order valence-corrected chi connectivity index (χ3v) is 3.67. The van der Waals surface area contributed by atoms with Gasteiger partial charge in [-0.2, -0.15) is 0 Å². The van der Waals surface area contributed by atoms with E-state index < -0.39 is 5.97 Å². The SMILES string of the molecule is O=C(O)c1ccc2c(c1)C1=C(CCCC1)C2. The first-order valence-electron chi connectivity index (χ1n) is 5.83. The molecule has 2 nitrogen and oxygen atoms in total. The summed E-state index contributed by atoms with van der Waals surface area (Å²) in [6.07, 6.45) is 5.91. The van der Waals surface area contributed by atoms with Gasteiger partial charge in [0.1, 0.15) is 0 Å². The van der Waals surface area contributed by atoms with Crippen molar-refractivity contribution in [2.24, 2.45) is 0 Å². The van der Waals surface area contributed by atoms with Gasteiger partial charge in [0.05, 0.1) is 5.56 Å². The van der Waals surface area contributed by atoms with Crippen molar-refractivity contribution in [1.29, 1.82) is 0 Å². The number of hydrogen-bond donors (Lipinski definition) is 1. The van der Waals surface area contributed by atoms with E-state index in [1.54, 1.807) is 11.6 Å². The molecule has 0 amide bonds. The van der Waals surface area contributed by atoms with Crippen molar-refractivity contribution < 1.29 is 9.90 Å². The Labute approximate surface area is 94.6 Å². The maximum absolute atomic E-state index is 10.9. The molecule has 0 bridgehead atoms. The Balaban J connectivity index is 2.09. The summed E-state index contributed by atoms with van der Waals surface area (Å²) in [5, 5.41) is 9.00. The maximum atomic E-state index is 10.9. The summed E-state index contributed by atoms with van der Waals surface area (Å²) in [6.45, 7) is 0. The maximum Gasteiger partial charge on any atom is 0.335 e. The van der Waals surface area contributed by atoms with E-state index in [1.807, 2.05) is 12.1 Å². The predicted molar refractivity (Wildman–Crippen MR) is 62.5 cm³/mol. The Morgan fingerprint density at radius 3 is 2.81 bits per heavy atom. The number of carboxylic acids is 1. The molecule has 0 heterocycles. The number of benzene rings is 1. The minimum atomic E-state index is -0.826. The Kier molecular flexibility index (Phi) is 2.10. The molecule has 82 valence electrons. The second-order valence-electron chi connectivity index (χ2n) is 4.64. The van der Waals surface area contributed by atoms with Gasteiger partial charge < -0.3 is 5.11 Å². The van der Waals surface area contributed by atoms with Gasteiger partial charge >= 0.3 is 5.97 Å². The highest BCUT2D eigenvalue weighted by Gasteiger charge is 2.24. The van der Waals surface area contributed by atoms with Crippen molar-refractivity contribution in [3.05, 3.63) is 40.5 Å². The average Bonchev–Trinajstić information content (AvgIpc) is 2.66. The van der Waals surface area contributed by atoms with E-state index in [9.17, 15) is 4.79 Å². The summed E-state index contributed by atoms with van der Waals surface area (Å²) < 4.78 is 0. The highest BCUT2D eigenvalue weighted by atomic mass is 16.4. The van der Waals surface area contributed by atoms with Gasteiger partial charge in [0.25, 0.3) is 0 Å². The molecule has 2 aliphatic carbocycles. The molecular weight excluding hydrogens is 200 g/mol. The molecule has 2 heteroatoms. The van der Waals surface area contributed by atoms with Gasteiger partial charge in [-0.05, 0) is 60.9 Å². The monoisotopic (exact) mass is 214 g/mol. The van der Waals surface area contributed by atoms with Gasteiger partial charge in [-0.25, -0.2) is 4.79 Å². The molecule has 0 spiro atoms. The lowest BCUT2D eigenvalue weighted by Crippen LogP contribution is -1.98. The Morgan fingerprint density at radius 1 is 1.19 bits per heavy atom. The molecule has 0 saturated carbocycles. The number of hydrogen-bond acceptors (Lipinski definition) is 1. The second kappa shape index (κ2) is 3.48. The molecule has 0 atom stereocenters. The first-order chi connectivity index (χ1) is 7.75. The molecule has 1 aromatic rings. The molecule has 16 heavy (non-hydrogen) atoms. The van der Waals surface area contributed by atoms with E-state index in [1.165, 1.54) is 36.0 Å². The van der Waals surface area contributed by atoms with E-state index >= 15 is 0 Å². The zero-order chi connectivity index (χ0) is 11.1. The number of aromatic carboxylic acids is 1. The first-order valence-corrected chi connectivity index (χ1v) is 5.83. The van der Waals surface area contributed by atoms with Crippen LogP contribution in [0, 0.1) is 0 Å². The predicted octanol–water partition coefficient (Wildman–Crippen LogP) is 3.27. The van der Waals surface area contributed by atoms with Crippen molar-refractivity contribution in [3.63, 3.8) is 0 Å². The Hall–Kier alpha value is -1.57. The van der Waals surface area contributed by atoms with Gasteiger partial charge in [-0.1, -0.05) is 11.6 Å². The quantitative estimate of drug-likeness (QED) is 0.779. The van der Waals surface area contributed by atoms with Gasteiger partial charge in [-0.15, -0.1) is 0 Å². The molecule has 0 aliphatic heterocycles. The van der Waals surface area contributed by atoms with Gasteiger partial charge in [0.15, 0.2) is 0 Å². The summed E-state index contributed by atoms with van der Waals surface area (Å²) in [5.74, 6) is -0.826. The molecule has 0 saturated heterocycles. The van der Waals surface area contributed by atoms with Crippen molar-refractivity contribution in [3.8, 4) is 0 Å². The molecular formula is C14H14O2. The highest BCUT2D eigenvalue weighted by molar-refractivity contribution is 5.90. The lowest BCUT2D eigenvalue weighted by Gasteiger charge is -2.14. The van der Waals surface area contributed by atoms with Crippen LogP contribution in [-0.4, -0.2) is 11.1 Å². The van der Waals surface area contributed by atoms with Crippen LogP contribution in [0.25, 0.3) is 5.57 Å². The fourth-order valence-electron chi connectivity index (χ4n) is 2.86. The number of rotatable bonds is 1. The summed E-state index contributed by atoms with van der Waals surface area (Å²) >= 11 is 0. The van der Waals surface area contributed by atoms with Crippen molar-refractivity contribution in [1.82, 2.24) is 0 Å². The standard InChI is InChI=1S/C14H14O2/c15-14(16)11-6-5-10-7-9-3-1-2-4-12(9)13(10)8-11/h5-6,8H,1-4,7H2,(H,15,16). The minimum absolute atomic E-state index is 0.415. The first kappa shape index (κ1) is 9.64. The Morgan fingerprint density at radius 2 is 2.00 bits per heavy atom. The number of fused-ring (bicyclic) bond motifs is 2. The van der Waals surface area contributed by atoms with E-state index in [-0.39, 0.29) is 0 Å². The van der Waals surface area contributed by atoms with E-state index in [4.69, 9.17) is 5.11 Å². The highest BCUT2D eigenvalue weighted by Crippen LogP contribution is 2.41. The van der Waals surface area contributed by atoms with Crippen LogP contribution in [0.1, 0.15) is 47.2 Å². The summed E-state index contributed by atoms with van der Waals surface area (Å²) in [5.41, 5.74) is 5.91. The van der Waals surface area contributed by atoms with E-state index in [0.717, 1.165) is 12.8 Å². The molecule has 1 N–H and O–H groups in total. The van der Waals surface area contributed by atoms with E-state index in [2.05, 4.69) is 0 Å². The van der Waals surface area contributed by atoms with Gasteiger partial charge in [0, 0.05) is 0 Å². The van der Waals surface area contributed by atoms with Crippen LogP contribution in [0.3, 0.4) is 0 Å². The van der Waals surface area contributed by atoms with Crippen LogP contribution in [0.2, 0.25) is 0 Å². The number of carboxylic acid groups (broad SMARTS) is 1. The van der Waals surface area contributed by atoms with Crippen molar-refractivity contribution in [2.75, 3.05) is 0 Å². The van der Waals surface area contributed by atoms with Crippen LogP contribution < -0.4 is 0 Å². The topological polar surface area (TPSA) is 37.3 Å². The van der Waals surface area contributed by atoms with Gasteiger partial charge in [0.2, 0.25) is 0 Å². The van der Waals surface area contributed by atoms with Crippen LogP contribution in [0.4, 0.5) is 0 Å². The molecule has 1 aromatic carbocycles. The van der Waals surface area contributed by atoms with E-state index in [0.29, 0.717) is 5.56 Å². The lowest BCUT2D eigenvalue weighted by atomic mass is 9.91. The third-order valence-electron chi connectivity index (χ3n) is 3.67. The minimum Gasteiger partial charge on any atom is -0.478 e. The Bertz CT molecular complexity index is 497. The third kappa shape index (κ3) is 1.37. The van der Waals surface area contributed by atoms with Crippen molar-refractivity contribution >= 4 is 11.5 Å². The van der Waals surface area contributed by atoms with Crippen LogP contribution in [-0.2, 0) is 6.42 Å².